The molecule has 0 aliphatic rings. The predicted octanol–water partition coefficient (Wildman–Crippen LogP) is 8.58. The molecule has 0 spiro atoms. The number of carbonyl (C=O) groups excluding carboxylic acids is 2. The van der Waals surface area contributed by atoms with Crippen LogP contribution in [0.3, 0.4) is 0 Å². The number of rotatable bonds is 16. The van der Waals surface area contributed by atoms with Gasteiger partial charge in [-0.15, -0.1) is 0 Å². The quantitative estimate of drug-likeness (QED) is 0.0598. The van der Waals surface area contributed by atoms with Gasteiger partial charge in [-0.3, -0.25) is 0 Å². The van der Waals surface area contributed by atoms with E-state index >= 15 is 0 Å². The molecule has 2 unspecified atom stereocenters. The Morgan fingerprint density at radius 2 is 0.938 bits per heavy atom. The molecular weight excluding hydrogens is 608 g/mol. The van der Waals surface area contributed by atoms with Crippen LogP contribution in [0.4, 0.5) is 0 Å². The fourth-order valence-corrected chi connectivity index (χ4v) is 4.71. The molecule has 8 nitrogen and oxygen atoms in total. The maximum absolute atomic E-state index is 12.3. The number of hydrogen-bond donors (Lipinski definition) is 0. The van der Waals surface area contributed by atoms with Crippen molar-refractivity contribution in [2.45, 2.75) is 39.3 Å². The Kier molecular flexibility index (Phi) is 11.3. The SMILES string of the molecule is C=C(C)C(=O)OC(CCOc1cccc(OCCC(OC(=O)C(=C)C)Oc2ccc3ccccc3c2)c1)Oc1ccc2ccccc2c1. The van der Waals surface area contributed by atoms with Crippen molar-refractivity contribution in [2.75, 3.05) is 13.2 Å². The van der Waals surface area contributed by atoms with E-state index in [1.165, 1.54) is 0 Å². The molecule has 0 aliphatic heterocycles. The molecular formula is C40H38O8. The van der Waals surface area contributed by atoms with E-state index in [1.807, 2.05) is 84.9 Å². The fraction of sp³-hybridized carbons (Fsp3) is 0.200. The fourth-order valence-electron chi connectivity index (χ4n) is 4.71. The second-order valence-corrected chi connectivity index (χ2v) is 11.2. The van der Waals surface area contributed by atoms with Crippen LogP contribution in [0.25, 0.3) is 21.5 Å². The molecule has 5 rings (SSSR count). The van der Waals surface area contributed by atoms with Gasteiger partial charge in [0.15, 0.2) is 0 Å². The lowest BCUT2D eigenvalue weighted by atomic mass is 10.1. The molecule has 0 radical (unpaired) electrons. The van der Waals surface area contributed by atoms with Crippen molar-refractivity contribution >= 4 is 33.5 Å². The summed E-state index contributed by atoms with van der Waals surface area (Å²) < 4.78 is 35.1. The number of esters is 2. The van der Waals surface area contributed by atoms with Gasteiger partial charge in [0, 0.05) is 17.2 Å². The van der Waals surface area contributed by atoms with Crippen LogP contribution in [-0.4, -0.2) is 37.7 Å². The second kappa shape index (κ2) is 16.2. The maximum atomic E-state index is 12.3. The minimum Gasteiger partial charge on any atom is -0.493 e. The average Bonchev–Trinajstić information content (AvgIpc) is 3.08. The summed E-state index contributed by atoms with van der Waals surface area (Å²) in [5, 5.41) is 4.17. The Labute approximate surface area is 280 Å². The molecule has 0 aromatic heterocycles. The van der Waals surface area contributed by atoms with Crippen LogP contribution in [0.5, 0.6) is 23.0 Å². The van der Waals surface area contributed by atoms with E-state index in [9.17, 15) is 9.59 Å². The highest BCUT2D eigenvalue weighted by Crippen LogP contribution is 2.25. The highest BCUT2D eigenvalue weighted by Gasteiger charge is 2.19. The highest BCUT2D eigenvalue weighted by atomic mass is 16.7. The summed E-state index contributed by atoms with van der Waals surface area (Å²) >= 11 is 0. The van der Waals surface area contributed by atoms with Crippen LogP contribution in [0.15, 0.2) is 133 Å². The predicted molar refractivity (Wildman–Crippen MR) is 185 cm³/mol. The number of fused-ring (bicyclic) bond motifs is 2. The Morgan fingerprint density at radius 3 is 1.35 bits per heavy atom. The first-order valence-electron chi connectivity index (χ1n) is 15.6. The van der Waals surface area contributed by atoms with Crippen molar-refractivity contribution in [3.05, 3.63) is 133 Å². The third-order valence-corrected chi connectivity index (χ3v) is 7.20. The monoisotopic (exact) mass is 646 g/mol. The van der Waals surface area contributed by atoms with Crippen LogP contribution in [0, 0.1) is 0 Å². The molecule has 5 aromatic carbocycles. The zero-order chi connectivity index (χ0) is 33.9. The van der Waals surface area contributed by atoms with Gasteiger partial charge < -0.3 is 28.4 Å². The molecule has 0 saturated carbocycles. The van der Waals surface area contributed by atoms with Gasteiger partial charge >= 0.3 is 11.9 Å². The third-order valence-electron chi connectivity index (χ3n) is 7.20. The van der Waals surface area contributed by atoms with E-state index in [1.54, 1.807) is 38.1 Å². The molecule has 2 atom stereocenters. The smallest absolute Gasteiger partial charge is 0.336 e. The van der Waals surface area contributed by atoms with E-state index in [2.05, 4.69) is 13.2 Å². The molecule has 0 fully saturated rings. The first-order chi connectivity index (χ1) is 23.2. The average molecular weight is 647 g/mol. The van der Waals surface area contributed by atoms with Gasteiger partial charge in [-0.25, -0.2) is 9.59 Å². The van der Waals surface area contributed by atoms with E-state index in [-0.39, 0.29) is 37.2 Å². The topological polar surface area (TPSA) is 89.5 Å². The summed E-state index contributed by atoms with van der Waals surface area (Å²) in [5.41, 5.74) is 0.541. The van der Waals surface area contributed by atoms with Crippen molar-refractivity contribution in [3.63, 3.8) is 0 Å². The molecule has 246 valence electrons. The molecule has 0 heterocycles. The number of carbonyl (C=O) groups is 2. The van der Waals surface area contributed by atoms with Crippen molar-refractivity contribution in [3.8, 4) is 23.0 Å². The van der Waals surface area contributed by atoms with Gasteiger partial charge in [-0.2, -0.15) is 0 Å². The van der Waals surface area contributed by atoms with Crippen LogP contribution in [0.1, 0.15) is 26.7 Å². The minimum absolute atomic E-state index is 0.198. The van der Waals surface area contributed by atoms with E-state index < -0.39 is 24.5 Å². The Balaban J connectivity index is 1.16. The lowest BCUT2D eigenvalue weighted by molar-refractivity contribution is -0.161. The Morgan fingerprint density at radius 1 is 0.521 bits per heavy atom. The normalized spacial score (nSPS) is 12.0. The van der Waals surface area contributed by atoms with E-state index in [0.29, 0.717) is 23.0 Å². The zero-order valence-corrected chi connectivity index (χ0v) is 27.1. The molecule has 0 bridgehead atoms. The lowest BCUT2D eigenvalue weighted by Gasteiger charge is -2.20. The maximum Gasteiger partial charge on any atom is 0.336 e. The van der Waals surface area contributed by atoms with Crippen LogP contribution in [-0.2, 0) is 19.1 Å². The summed E-state index contributed by atoms with van der Waals surface area (Å²) in [7, 11) is 0. The number of hydrogen-bond acceptors (Lipinski definition) is 8. The van der Waals surface area contributed by atoms with Gasteiger partial charge in [0.2, 0.25) is 12.6 Å². The van der Waals surface area contributed by atoms with Crippen molar-refractivity contribution < 1.29 is 38.0 Å². The van der Waals surface area contributed by atoms with Crippen LogP contribution >= 0.6 is 0 Å². The molecule has 0 aliphatic carbocycles. The largest absolute Gasteiger partial charge is 0.493 e. The first kappa shape index (κ1) is 33.6. The molecule has 5 aromatic rings. The van der Waals surface area contributed by atoms with Crippen molar-refractivity contribution in [2.24, 2.45) is 0 Å². The first-order valence-corrected chi connectivity index (χ1v) is 15.6. The van der Waals surface area contributed by atoms with Crippen molar-refractivity contribution in [1.29, 1.82) is 0 Å². The number of ether oxygens (including phenoxy) is 6. The van der Waals surface area contributed by atoms with Gasteiger partial charge in [-0.1, -0.05) is 79.9 Å². The lowest BCUT2D eigenvalue weighted by Crippen LogP contribution is -2.27. The summed E-state index contributed by atoms with van der Waals surface area (Å²) in [6.07, 6.45) is -1.26. The van der Waals surface area contributed by atoms with Gasteiger partial charge in [-0.05, 0) is 71.8 Å². The standard InChI is InChI=1S/C40H38O8/c1-27(2)39(41)47-37(45-35-18-16-29-10-5-7-12-31(29)24-35)20-22-43-33-14-9-15-34(26-33)44-23-21-38(48-40(42)28(3)4)46-36-19-17-30-11-6-8-13-32(30)25-36/h5-19,24-26,37-38H,1,3,20-23H2,2,4H3. The minimum atomic E-state index is -0.892. The molecule has 0 N–H and O–H groups in total. The Hall–Kier alpha value is -5.76. The van der Waals surface area contributed by atoms with Gasteiger partial charge in [0.1, 0.15) is 23.0 Å². The summed E-state index contributed by atoms with van der Waals surface area (Å²) in [6.45, 7) is 10.9. The third kappa shape index (κ3) is 9.62. The summed E-state index contributed by atoms with van der Waals surface area (Å²) in [5.74, 6) is 1.16. The summed E-state index contributed by atoms with van der Waals surface area (Å²) in [4.78, 5) is 24.7. The molecule has 8 heteroatoms. The van der Waals surface area contributed by atoms with Crippen LogP contribution in [0.2, 0.25) is 0 Å². The van der Waals surface area contributed by atoms with Gasteiger partial charge in [0.05, 0.1) is 26.1 Å². The molecule has 48 heavy (non-hydrogen) atoms. The highest BCUT2D eigenvalue weighted by molar-refractivity contribution is 5.87. The zero-order valence-electron chi connectivity index (χ0n) is 27.1. The Bertz CT molecular complexity index is 1780. The molecule has 0 amide bonds. The summed E-state index contributed by atoms with van der Waals surface area (Å²) in [6, 6.07) is 34.4. The van der Waals surface area contributed by atoms with Crippen LogP contribution < -0.4 is 18.9 Å². The van der Waals surface area contributed by atoms with E-state index in [0.717, 1.165) is 21.5 Å². The number of benzene rings is 5. The van der Waals surface area contributed by atoms with Crippen molar-refractivity contribution in [1.82, 2.24) is 0 Å². The second-order valence-electron chi connectivity index (χ2n) is 11.2. The van der Waals surface area contributed by atoms with Gasteiger partial charge in [0.25, 0.3) is 0 Å². The molecule has 0 saturated heterocycles. The van der Waals surface area contributed by atoms with E-state index in [4.69, 9.17) is 28.4 Å².